The van der Waals surface area contributed by atoms with Crippen molar-refractivity contribution in [3.63, 3.8) is 0 Å². The van der Waals surface area contributed by atoms with E-state index < -0.39 is 29.9 Å². The number of hydrogen-bond acceptors (Lipinski definition) is 6. The van der Waals surface area contributed by atoms with Gasteiger partial charge in [0.05, 0.1) is 5.56 Å². The van der Waals surface area contributed by atoms with Crippen LogP contribution in [0.15, 0.2) is 35.7 Å². The van der Waals surface area contributed by atoms with Gasteiger partial charge in [0.2, 0.25) is 0 Å². The number of benzene rings is 1. The lowest BCUT2D eigenvalue weighted by Crippen LogP contribution is -2.42. The molecule has 7 nitrogen and oxygen atoms in total. The molecular formula is C19H19N3O4S. The molecule has 0 aliphatic carbocycles. The fourth-order valence-electron chi connectivity index (χ4n) is 2.16. The van der Waals surface area contributed by atoms with Crippen LogP contribution in [0, 0.1) is 18.3 Å². The number of rotatable bonds is 6. The lowest BCUT2D eigenvalue weighted by atomic mass is 10.1. The normalized spacial score (nSPS) is 12.4. The zero-order valence-corrected chi connectivity index (χ0v) is 15.9. The second-order valence-electron chi connectivity index (χ2n) is 5.91. The van der Waals surface area contributed by atoms with Gasteiger partial charge in [-0.05, 0) is 44.4 Å². The van der Waals surface area contributed by atoms with Crippen LogP contribution in [-0.4, -0.2) is 29.9 Å². The van der Waals surface area contributed by atoms with Crippen LogP contribution in [0.3, 0.4) is 0 Å². The van der Waals surface area contributed by atoms with E-state index in [9.17, 15) is 14.4 Å². The fraction of sp³-hybridized carbons (Fsp3) is 0.263. The zero-order chi connectivity index (χ0) is 20.0. The summed E-state index contributed by atoms with van der Waals surface area (Å²) >= 11 is 1.20. The summed E-state index contributed by atoms with van der Waals surface area (Å²) in [6, 6.07) is 9.58. The number of thiophene rings is 1. The summed E-state index contributed by atoms with van der Waals surface area (Å²) < 4.78 is 5.11. The Morgan fingerprint density at radius 2 is 1.96 bits per heavy atom. The molecule has 0 spiro atoms. The van der Waals surface area contributed by atoms with Crippen molar-refractivity contribution in [3.05, 3.63) is 52.4 Å². The number of carbonyl (C=O) groups is 3. The number of anilines is 1. The maximum Gasteiger partial charge on any atom is 0.329 e. The minimum Gasteiger partial charge on any atom is -0.451 e. The van der Waals surface area contributed by atoms with Gasteiger partial charge in [0, 0.05) is 5.56 Å². The second-order valence-corrected chi connectivity index (χ2v) is 6.82. The number of nitriles is 1. The Labute approximate surface area is 161 Å². The van der Waals surface area contributed by atoms with Crippen molar-refractivity contribution in [1.82, 2.24) is 5.32 Å². The number of ether oxygens (including phenoxy) is 1. The number of carbonyl (C=O) groups excluding carboxylic acids is 3. The van der Waals surface area contributed by atoms with E-state index in [0.717, 1.165) is 5.56 Å². The van der Waals surface area contributed by atoms with Crippen molar-refractivity contribution in [3.8, 4) is 6.07 Å². The Bertz CT molecular complexity index is 900. The van der Waals surface area contributed by atoms with Gasteiger partial charge >= 0.3 is 5.97 Å². The maximum atomic E-state index is 12.2. The van der Waals surface area contributed by atoms with E-state index >= 15 is 0 Å². The molecule has 2 N–H and O–H groups in total. The first-order valence-corrected chi connectivity index (χ1v) is 9.06. The summed E-state index contributed by atoms with van der Waals surface area (Å²) in [6.07, 6.45) is -1.08. The Kier molecular flexibility index (Phi) is 6.68. The van der Waals surface area contributed by atoms with Gasteiger partial charge in [-0.3, -0.25) is 9.59 Å². The summed E-state index contributed by atoms with van der Waals surface area (Å²) in [5.41, 5.74) is 1.70. The van der Waals surface area contributed by atoms with E-state index in [2.05, 4.69) is 10.6 Å². The number of nitrogens with one attached hydrogen (secondary N) is 2. The van der Waals surface area contributed by atoms with Gasteiger partial charge in [-0.1, -0.05) is 17.7 Å². The predicted octanol–water partition coefficient (Wildman–Crippen LogP) is 2.62. The molecule has 1 aromatic heterocycles. The molecule has 1 heterocycles. The molecule has 140 valence electrons. The average molecular weight is 385 g/mol. The maximum absolute atomic E-state index is 12.2. The number of esters is 1. The van der Waals surface area contributed by atoms with E-state index in [0.29, 0.717) is 16.1 Å². The van der Waals surface area contributed by atoms with Gasteiger partial charge in [-0.25, -0.2) is 4.79 Å². The topological polar surface area (TPSA) is 108 Å². The van der Waals surface area contributed by atoms with Crippen LogP contribution in [0.25, 0.3) is 0 Å². The van der Waals surface area contributed by atoms with Crippen LogP contribution in [0.1, 0.15) is 35.3 Å². The summed E-state index contributed by atoms with van der Waals surface area (Å²) in [5, 5.41) is 16.1. The highest BCUT2D eigenvalue weighted by molar-refractivity contribution is 7.14. The summed E-state index contributed by atoms with van der Waals surface area (Å²) in [5.74, 6) is -1.69. The molecule has 27 heavy (non-hydrogen) atoms. The van der Waals surface area contributed by atoms with E-state index in [1.807, 2.05) is 19.1 Å². The molecule has 0 aliphatic rings. The average Bonchev–Trinajstić information content (AvgIpc) is 3.08. The Morgan fingerprint density at radius 3 is 2.63 bits per heavy atom. The van der Waals surface area contributed by atoms with Gasteiger partial charge in [-0.2, -0.15) is 5.26 Å². The highest BCUT2D eigenvalue weighted by atomic mass is 32.1. The van der Waals surface area contributed by atoms with Crippen LogP contribution in [0.5, 0.6) is 0 Å². The molecule has 2 atom stereocenters. The molecule has 2 amide bonds. The molecule has 0 aliphatic heterocycles. The molecular weight excluding hydrogens is 366 g/mol. The highest BCUT2D eigenvalue weighted by Gasteiger charge is 2.24. The standard InChI is InChI=1S/C19H19N3O4S/c1-11-5-4-6-14(9-11)17(24)21-12(2)19(25)26-13(3)16(23)22-18-15(10-20)7-8-27-18/h4-9,12-13H,1-3H3,(H,21,24)(H,22,23)/t12-,13-/m0/s1. The minimum atomic E-state index is -1.08. The van der Waals surface area contributed by atoms with Gasteiger partial charge in [0.25, 0.3) is 11.8 Å². The van der Waals surface area contributed by atoms with Gasteiger partial charge in [0.1, 0.15) is 17.1 Å². The number of nitrogens with zero attached hydrogens (tertiary/aromatic N) is 1. The van der Waals surface area contributed by atoms with Crippen LogP contribution < -0.4 is 10.6 Å². The monoisotopic (exact) mass is 385 g/mol. The lowest BCUT2D eigenvalue weighted by Gasteiger charge is -2.17. The van der Waals surface area contributed by atoms with Crippen molar-refractivity contribution in [1.29, 1.82) is 5.26 Å². The predicted molar refractivity (Wildman–Crippen MR) is 101 cm³/mol. The van der Waals surface area contributed by atoms with E-state index in [1.165, 1.54) is 25.2 Å². The van der Waals surface area contributed by atoms with Crippen molar-refractivity contribution >= 4 is 34.1 Å². The van der Waals surface area contributed by atoms with Crippen molar-refractivity contribution in [2.24, 2.45) is 0 Å². The van der Waals surface area contributed by atoms with Crippen LogP contribution in [0.4, 0.5) is 5.00 Å². The SMILES string of the molecule is Cc1cccc(C(=O)N[C@@H](C)C(=O)O[C@@H](C)C(=O)Nc2sccc2C#N)c1. The summed E-state index contributed by atoms with van der Waals surface area (Å²) in [4.78, 5) is 36.5. The molecule has 0 saturated heterocycles. The molecule has 0 fully saturated rings. The largest absolute Gasteiger partial charge is 0.451 e. The van der Waals surface area contributed by atoms with Gasteiger partial charge in [-0.15, -0.1) is 11.3 Å². The van der Waals surface area contributed by atoms with Gasteiger partial charge in [0.15, 0.2) is 6.10 Å². The third-order valence-corrected chi connectivity index (χ3v) is 4.50. The molecule has 0 radical (unpaired) electrons. The van der Waals surface area contributed by atoms with E-state index in [-0.39, 0.29) is 0 Å². The molecule has 0 saturated carbocycles. The second kappa shape index (κ2) is 8.96. The Morgan fingerprint density at radius 1 is 1.22 bits per heavy atom. The van der Waals surface area contributed by atoms with Gasteiger partial charge < -0.3 is 15.4 Å². The smallest absolute Gasteiger partial charge is 0.329 e. The van der Waals surface area contributed by atoms with E-state index in [4.69, 9.17) is 10.00 Å². The number of hydrogen-bond donors (Lipinski definition) is 2. The third-order valence-electron chi connectivity index (χ3n) is 3.67. The zero-order valence-electron chi connectivity index (χ0n) is 15.1. The summed E-state index contributed by atoms with van der Waals surface area (Å²) in [7, 11) is 0. The van der Waals surface area contributed by atoms with E-state index in [1.54, 1.807) is 29.6 Å². The van der Waals surface area contributed by atoms with Crippen molar-refractivity contribution in [2.45, 2.75) is 32.9 Å². The molecule has 8 heteroatoms. The fourth-order valence-corrected chi connectivity index (χ4v) is 2.90. The molecule has 1 aromatic carbocycles. The van der Waals surface area contributed by atoms with Crippen LogP contribution in [-0.2, 0) is 14.3 Å². The molecule has 2 aromatic rings. The third kappa shape index (κ3) is 5.39. The minimum absolute atomic E-state index is 0.339. The molecule has 0 bridgehead atoms. The first-order chi connectivity index (χ1) is 12.8. The first-order valence-electron chi connectivity index (χ1n) is 8.18. The summed E-state index contributed by atoms with van der Waals surface area (Å²) in [6.45, 7) is 4.76. The quantitative estimate of drug-likeness (QED) is 0.743. The van der Waals surface area contributed by atoms with Crippen molar-refractivity contribution < 1.29 is 19.1 Å². The lowest BCUT2D eigenvalue weighted by molar-refractivity contribution is -0.154. The Balaban J connectivity index is 1.90. The molecule has 0 unspecified atom stereocenters. The Hall–Kier alpha value is -3.18. The number of aryl methyl sites for hydroxylation is 1. The highest BCUT2D eigenvalue weighted by Crippen LogP contribution is 2.22. The van der Waals surface area contributed by atoms with Crippen molar-refractivity contribution in [2.75, 3.05) is 5.32 Å². The number of amides is 2. The van der Waals surface area contributed by atoms with Crippen LogP contribution >= 0.6 is 11.3 Å². The first kappa shape index (κ1) is 20.1. The van der Waals surface area contributed by atoms with Crippen LogP contribution in [0.2, 0.25) is 0 Å². The molecule has 2 rings (SSSR count).